The van der Waals surface area contributed by atoms with Gasteiger partial charge in [-0.05, 0) is 37.8 Å². The van der Waals surface area contributed by atoms with E-state index in [4.69, 9.17) is 49.3 Å². The largest absolute Gasteiger partial charge is 1.00 e. The van der Waals surface area contributed by atoms with Gasteiger partial charge in [0.15, 0.2) is 34.8 Å². The summed E-state index contributed by atoms with van der Waals surface area (Å²) >= 11 is 0. The Morgan fingerprint density at radius 3 is 1.64 bits per heavy atom. The van der Waals surface area contributed by atoms with Gasteiger partial charge in [0.1, 0.15) is 23.6 Å². The van der Waals surface area contributed by atoms with E-state index in [-0.39, 0.29) is 70.9 Å². The molecule has 0 spiro atoms. The molecule has 2 aromatic carbocycles. The smallest absolute Gasteiger partial charge is 0.550 e. The van der Waals surface area contributed by atoms with Crippen LogP contribution in [0, 0.1) is 45.9 Å². The molecule has 0 saturated heterocycles. The van der Waals surface area contributed by atoms with Crippen molar-refractivity contribution in [3.8, 4) is 46.9 Å². The normalized spacial score (nSPS) is 11.5. The Bertz CT molecular complexity index is 2730. The number of alkyl carbamates (subject to hydrolysis) is 1. The van der Waals surface area contributed by atoms with Crippen LogP contribution in [0.2, 0.25) is 0 Å². The predicted octanol–water partition coefficient (Wildman–Crippen LogP) is 3.17. The third-order valence-electron chi connectivity index (χ3n) is 8.23. The molecule has 3 heterocycles. The first-order valence-electron chi connectivity index (χ1n) is 20.3. The summed E-state index contributed by atoms with van der Waals surface area (Å²) in [5.41, 5.74) is 1.77. The number of ketones is 1. The molecule has 2 aromatic heterocycles. The van der Waals surface area contributed by atoms with E-state index in [0.29, 0.717) is 27.9 Å². The number of hydrogen-bond donors (Lipinski definition) is 3. The second kappa shape index (κ2) is 29.7. The van der Waals surface area contributed by atoms with E-state index in [9.17, 15) is 36.7 Å². The quantitative estimate of drug-likeness (QED) is 0.0569. The Morgan fingerprint density at radius 2 is 1.26 bits per heavy atom. The molecule has 1 aliphatic heterocycles. The van der Waals surface area contributed by atoms with E-state index in [1.807, 2.05) is 27.7 Å². The zero-order valence-corrected chi connectivity index (χ0v) is 42.2. The number of carboxylic acids is 2. The molecule has 22 nitrogen and oxygen atoms in total. The molecule has 0 unspecified atom stereocenters. The molecule has 3 amide bonds. The fourth-order valence-electron chi connectivity index (χ4n) is 5.26. The molecule has 4 aromatic rings. The van der Waals surface area contributed by atoms with Crippen molar-refractivity contribution in [2.45, 2.75) is 66.7 Å². The Labute approximate surface area is 430 Å². The maximum Gasteiger partial charge on any atom is 1.00 e. The number of anilines is 2. The van der Waals surface area contributed by atoms with Gasteiger partial charge >= 0.3 is 35.7 Å². The van der Waals surface area contributed by atoms with Crippen molar-refractivity contribution < 1.29 is 110 Å². The molecule has 0 bridgehead atoms. The Morgan fingerprint density at radius 1 is 0.833 bits per heavy atom. The van der Waals surface area contributed by atoms with Crippen molar-refractivity contribution in [3.05, 3.63) is 83.2 Å². The number of rotatable bonds is 13. The van der Waals surface area contributed by atoms with Crippen LogP contribution in [-0.4, -0.2) is 83.0 Å². The van der Waals surface area contributed by atoms with E-state index in [1.54, 1.807) is 23.5 Å². The van der Waals surface area contributed by atoms with Crippen LogP contribution in [0.5, 0.6) is 34.8 Å². The Kier molecular flexibility index (Phi) is 25.5. The van der Waals surface area contributed by atoms with Crippen LogP contribution in [0.4, 0.5) is 33.7 Å². The summed E-state index contributed by atoms with van der Waals surface area (Å²) < 4.78 is 83.8. The van der Waals surface area contributed by atoms with Gasteiger partial charge in [0.25, 0.3) is 17.8 Å². The maximum absolute atomic E-state index is 14.6. The van der Waals surface area contributed by atoms with Gasteiger partial charge in [0, 0.05) is 48.3 Å². The van der Waals surface area contributed by atoms with E-state index in [1.165, 1.54) is 39.6 Å². The molecular formula is C45H44F4N9NaO13. The first-order chi connectivity index (χ1) is 33.4. The van der Waals surface area contributed by atoms with Crippen LogP contribution < -0.4 is 69.4 Å². The average molecular weight is 1020 g/mol. The van der Waals surface area contributed by atoms with Crippen molar-refractivity contribution in [3.63, 3.8) is 0 Å². The third-order valence-corrected chi connectivity index (χ3v) is 8.23. The van der Waals surface area contributed by atoms with Crippen molar-refractivity contribution in [1.29, 1.82) is 10.5 Å². The number of halogens is 4. The number of carbonyl (C=O) groups is 6. The van der Waals surface area contributed by atoms with E-state index >= 15 is 0 Å². The van der Waals surface area contributed by atoms with Crippen LogP contribution in [-0.2, 0) is 28.7 Å². The summed E-state index contributed by atoms with van der Waals surface area (Å²) in [5, 5.41) is 43.6. The van der Waals surface area contributed by atoms with Gasteiger partial charge in [-0.3, -0.25) is 29.9 Å². The third kappa shape index (κ3) is 18.9. The zero-order chi connectivity index (χ0) is 53.7. The number of Topliss-reactive ketones (excluding diaryl/α,β-unsaturated/α-hetero) is 1. The van der Waals surface area contributed by atoms with Gasteiger partial charge in [0.2, 0.25) is 29.0 Å². The number of amides is 3. The molecule has 3 N–H and O–H groups in total. The minimum Gasteiger partial charge on any atom is -0.550 e. The first-order valence-corrected chi connectivity index (χ1v) is 20.3. The van der Waals surface area contributed by atoms with E-state index in [2.05, 4.69) is 30.3 Å². The van der Waals surface area contributed by atoms with Gasteiger partial charge in [-0.1, -0.05) is 27.7 Å². The number of nitrogens with one attached hydrogen (secondary N) is 2. The minimum atomic E-state index is -1.16. The molecule has 27 heteroatoms. The van der Waals surface area contributed by atoms with Crippen LogP contribution in [0.3, 0.4) is 0 Å². The van der Waals surface area contributed by atoms with E-state index in [0.717, 1.165) is 38.1 Å². The SMILES string of the molecule is CC(=O)O.CC(=O)[O-].CCOC(=O)NC(=O)/C(C#N)=N\Nc1cc(F)c(Oc2cnc(OC)c(C(C)C)c2)c(F)c1.COc1ncc(Oc2c(F)cc(N3N=C(C#N)C(=O)CC3=O)cc2F)cc1C(C)C.[Na+]. The molecule has 376 valence electrons. The average Bonchev–Trinajstić information content (AvgIpc) is 3.28. The van der Waals surface area contributed by atoms with Gasteiger partial charge in [0.05, 0.1) is 51.0 Å². The summed E-state index contributed by atoms with van der Waals surface area (Å²) in [6.45, 7) is 11.2. The predicted molar refractivity (Wildman–Crippen MR) is 239 cm³/mol. The van der Waals surface area contributed by atoms with Crippen molar-refractivity contribution in [1.82, 2.24) is 15.3 Å². The van der Waals surface area contributed by atoms with E-state index < -0.39 is 88.2 Å². The Balaban J connectivity index is 0.000000620. The summed E-state index contributed by atoms with van der Waals surface area (Å²) in [6.07, 6.45) is 0.837. The monoisotopic (exact) mass is 1020 g/mol. The maximum atomic E-state index is 14.6. The number of aromatic nitrogens is 2. The zero-order valence-electron chi connectivity index (χ0n) is 40.2. The molecule has 5 rings (SSSR count). The fraction of sp³-hybridized carbons (Fsp3) is 0.289. The number of nitrogens with zero attached hydrogens (tertiary/aromatic N) is 7. The van der Waals surface area contributed by atoms with Crippen molar-refractivity contribution in [2.24, 2.45) is 10.2 Å². The number of carboxylic acid groups (broad SMARTS) is 2. The first kappa shape index (κ1) is 61.8. The number of hydrogen-bond acceptors (Lipinski definition) is 19. The number of ether oxygens (including phenoxy) is 5. The minimum absolute atomic E-state index is 0. The van der Waals surface area contributed by atoms with Gasteiger partial charge in [-0.25, -0.2) is 32.3 Å². The molecule has 0 saturated carbocycles. The molecule has 72 heavy (non-hydrogen) atoms. The molecular weight excluding hydrogens is 974 g/mol. The molecule has 0 fully saturated rings. The molecule has 0 radical (unpaired) electrons. The van der Waals surface area contributed by atoms with Crippen LogP contribution in [0.15, 0.2) is 59.0 Å². The summed E-state index contributed by atoms with van der Waals surface area (Å²) in [6, 6.07) is 9.47. The van der Waals surface area contributed by atoms with Crippen molar-refractivity contribution in [2.75, 3.05) is 31.3 Å². The molecule has 1 aliphatic rings. The number of imide groups is 1. The molecule has 0 atom stereocenters. The van der Waals surface area contributed by atoms with Crippen LogP contribution in [0.25, 0.3) is 0 Å². The Hall–Kier alpha value is -8.20. The van der Waals surface area contributed by atoms with Crippen molar-refractivity contribution >= 4 is 58.4 Å². The summed E-state index contributed by atoms with van der Waals surface area (Å²) in [7, 11) is 2.92. The summed E-state index contributed by atoms with van der Waals surface area (Å²) in [5.74, 6) is -9.43. The second-order valence-electron chi connectivity index (χ2n) is 14.3. The van der Waals surface area contributed by atoms with Crippen LogP contribution >= 0.6 is 0 Å². The fourth-order valence-corrected chi connectivity index (χ4v) is 5.26. The summed E-state index contributed by atoms with van der Waals surface area (Å²) in [4.78, 5) is 72.7. The van der Waals surface area contributed by atoms with Crippen LogP contribution in [0.1, 0.15) is 77.8 Å². The number of hydrazone groups is 2. The van der Waals surface area contributed by atoms with Gasteiger partial charge in [-0.2, -0.15) is 25.7 Å². The molecule has 0 aliphatic carbocycles. The number of benzene rings is 2. The standard InChI is InChI=1S/C21H21F2N5O5.C20H16F2N4O4.2C2H4O2.Na/c1-5-32-21(30)26-19(29)17(9-24)28-27-12-6-15(22)18(16(23)7-12)33-13-8-14(11(2)3)20(31-4)25-10-13;1-10(2)13-6-12(9-24-20(13)29-3)30-19-14(21)4-11(5-15(19)22)26-18(28)7-17(27)16(8-23)25-26;2*1-2(3)4;/h6-8,10-11,27H,5H2,1-4H3,(H,26,29,30);4-6,9-10H,7H2,1-3H3;2*1H3,(H,3,4);/q;;;;+1/p-1/b28-17-;;;;. The number of nitriles is 2. The number of pyridine rings is 2. The van der Waals surface area contributed by atoms with Gasteiger partial charge in [-0.15, -0.1) is 0 Å². The topological polar surface area (TPSA) is 317 Å². The van der Waals surface area contributed by atoms with Gasteiger partial charge < -0.3 is 38.7 Å². The number of methoxy groups -OCH3 is 2. The second-order valence-corrected chi connectivity index (χ2v) is 14.3. The number of aliphatic carboxylic acids is 2. The number of carbonyl (C=O) groups excluding carboxylic acids is 5.